The first-order valence-corrected chi connectivity index (χ1v) is 12.1. The Bertz CT molecular complexity index is 1410. The smallest absolute Gasteiger partial charge is 0.252 e. The second-order valence-electron chi connectivity index (χ2n) is 9.04. The van der Waals surface area contributed by atoms with Gasteiger partial charge in [0.15, 0.2) is 35.1 Å². The number of imidazole rings is 1. The number of anilines is 1. The number of fused-ring (bicyclic) bond motifs is 1. The molecular formula is C25H26ClN7O4. The van der Waals surface area contributed by atoms with Crippen LogP contribution in [0.1, 0.15) is 25.6 Å². The summed E-state index contributed by atoms with van der Waals surface area (Å²) in [6.07, 6.45) is -0.654. The summed E-state index contributed by atoms with van der Waals surface area (Å²) >= 11 is 6.15. The van der Waals surface area contributed by atoms with E-state index < -0.39 is 30.4 Å². The Labute approximate surface area is 217 Å². The van der Waals surface area contributed by atoms with E-state index in [-0.39, 0.29) is 6.04 Å². The topological polar surface area (TPSA) is 147 Å². The van der Waals surface area contributed by atoms with Crippen LogP contribution in [0.2, 0.25) is 5.02 Å². The van der Waals surface area contributed by atoms with Crippen molar-refractivity contribution in [3.63, 3.8) is 0 Å². The molecule has 0 spiro atoms. The summed E-state index contributed by atoms with van der Waals surface area (Å²) in [5, 5.41) is 27.8. The van der Waals surface area contributed by atoms with Gasteiger partial charge < -0.3 is 25.6 Å². The van der Waals surface area contributed by atoms with E-state index >= 15 is 0 Å². The molecule has 4 atom stereocenters. The van der Waals surface area contributed by atoms with Gasteiger partial charge in [0.05, 0.1) is 11.3 Å². The fourth-order valence-corrected chi connectivity index (χ4v) is 4.32. The van der Waals surface area contributed by atoms with Crippen molar-refractivity contribution in [2.45, 2.75) is 51.0 Å². The van der Waals surface area contributed by atoms with Gasteiger partial charge in [0.2, 0.25) is 0 Å². The van der Waals surface area contributed by atoms with Crippen molar-refractivity contribution in [3.05, 3.63) is 65.7 Å². The van der Waals surface area contributed by atoms with Gasteiger partial charge in [-0.2, -0.15) is 0 Å². The molecule has 0 unspecified atom stereocenters. The Balaban J connectivity index is 1.55. The van der Waals surface area contributed by atoms with Gasteiger partial charge in [-0.15, -0.1) is 0 Å². The first-order valence-electron chi connectivity index (χ1n) is 11.8. The van der Waals surface area contributed by atoms with Crippen molar-refractivity contribution in [1.82, 2.24) is 29.8 Å². The molecule has 0 radical (unpaired) electrons. The summed E-state index contributed by atoms with van der Waals surface area (Å²) in [6, 6.07) is 11.3. The van der Waals surface area contributed by atoms with E-state index in [0.717, 1.165) is 5.56 Å². The second kappa shape index (κ2) is 10.4. The van der Waals surface area contributed by atoms with Crippen LogP contribution in [0.25, 0.3) is 22.6 Å². The molecule has 5 rings (SSSR count). The van der Waals surface area contributed by atoms with Crippen molar-refractivity contribution < 1.29 is 19.7 Å². The molecule has 0 bridgehead atoms. The van der Waals surface area contributed by atoms with Gasteiger partial charge >= 0.3 is 0 Å². The van der Waals surface area contributed by atoms with E-state index in [4.69, 9.17) is 16.3 Å². The fraction of sp³-hybridized carbons (Fsp3) is 0.320. The van der Waals surface area contributed by atoms with E-state index in [1.165, 1.54) is 17.1 Å². The lowest BCUT2D eigenvalue weighted by Gasteiger charge is -2.17. The maximum atomic E-state index is 12.5. The minimum absolute atomic E-state index is 0.159. The average Bonchev–Trinajstić information content (AvgIpc) is 3.43. The maximum Gasteiger partial charge on any atom is 0.252 e. The van der Waals surface area contributed by atoms with Crippen molar-refractivity contribution >= 4 is 34.5 Å². The van der Waals surface area contributed by atoms with E-state index in [1.807, 2.05) is 30.3 Å². The Kier molecular flexibility index (Phi) is 7.02. The third kappa shape index (κ3) is 5.12. The first kappa shape index (κ1) is 25.0. The molecule has 0 saturated carbocycles. The zero-order valence-electron chi connectivity index (χ0n) is 20.1. The van der Waals surface area contributed by atoms with Gasteiger partial charge in [0, 0.05) is 30.5 Å². The van der Waals surface area contributed by atoms with Gasteiger partial charge in [0.1, 0.15) is 12.2 Å². The van der Waals surface area contributed by atoms with Gasteiger partial charge in [-0.1, -0.05) is 41.9 Å². The summed E-state index contributed by atoms with van der Waals surface area (Å²) in [6.45, 7) is 4.07. The minimum atomic E-state index is -1.43. The Morgan fingerprint density at radius 1 is 1.16 bits per heavy atom. The highest BCUT2D eigenvalue weighted by Gasteiger charge is 2.48. The number of carbonyl (C=O) groups is 1. The van der Waals surface area contributed by atoms with Crippen LogP contribution in [-0.2, 0) is 16.1 Å². The SMILES string of the molecule is CC(C)NC(=O)[C@H]1O[C@@H](n2cnc3c(NCc4ccccc4)nc(-c4cncc(Cl)c4)nc32)[C@H](O)[C@@H]1O. The molecule has 0 aliphatic carbocycles. The van der Waals surface area contributed by atoms with Crippen LogP contribution in [0.5, 0.6) is 0 Å². The van der Waals surface area contributed by atoms with Gasteiger partial charge in [-0.05, 0) is 25.5 Å². The standard InChI is InChI=1S/C25H26ClN7O4/c1-13(2)30-24(36)20-18(34)19(35)25(37-20)33-12-29-17-22(28-9-14-6-4-3-5-7-14)31-21(32-23(17)33)15-8-16(26)11-27-10-15/h3-8,10-13,18-20,25,34-35H,9H2,1-2H3,(H,30,36)(H,28,31,32)/t18-,19+,20-,25+/m0/s1. The molecule has 1 saturated heterocycles. The molecule has 1 aromatic carbocycles. The number of hydrogen-bond donors (Lipinski definition) is 4. The van der Waals surface area contributed by atoms with Crippen molar-refractivity contribution in [2.75, 3.05) is 5.32 Å². The van der Waals surface area contributed by atoms with Crippen molar-refractivity contribution in [2.24, 2.45) is 0 Å². The molecule has 4 aromatic rings. The number of carbonyl (C=O) groups excluding carboxylic acids is 1. The molecule has 37 heavy (non-hydrogen) atoms. The number of nitrogens with zero attached hydrogens (tertiary/aromatic N) is 5. The molecule has 11 nitrogen and oxygen atoms in total. The molecule has 192 valence electrons. The number of benzene rings is 1. The van der Waals surface area contributed by atoms with Crippen molar-refractivity contribution in [3.8, 4) is 11.4 Å². The summed E-state index contributed by atoms with van der Waals surface area (Å²) < 4.78 is 7.32. The monoisotopic (exact) mass is 523 g/mol. The number of halogens is 1. The number of aliphatic hydroxyl groups excluding tert-OH is 2. The zero-order valence-corrected chi connectivity index (χ0v) is 20.9. The zero-order chi connectivity index (χ0) is 26.1. The summed E-state index contributed by atoms with van der Waals surface area (Å²) in [7, 11) is 0. The summed E-state index contributed by atoms with van der Waals surface area (Å²) in [4.78, 5) is 30.5. The molecule has 1 amide bonds. The molecule has 1 aliphatic heterocycles. The van der Waals surface area contributed by atoms with E-state index in [2.05, 4.69) is 30.6 Å². The average molecular weight is 524 g/mol. The molecular weight excluding hydrogens is 498 g/mol. The molecule has 1 fully saturated rings. The lowest BCUT2D eigenvalue weighted by Crippen LogP contribution is -2.45. The number of amides is 1. The largest absolute Gasteiger partial charge is 0.387 e. The Morgan fingerprint density at radius 3 is 2.68 bits per heavy atom. The predicted molar refractivity (Wildman–Crippen MR) is 137 cm³/mol. The van der Waals surface area contributed by atoms with Crippen LogP contribution in [0.3, 0.4) is 0 Å². The van der Waals surface area contributed by atoms with Crippen LogP contribution < -0.4 is 10.6 Å². The van der Waals surface area contributed by atoms with Crippen LogP contribution in [-0.4, -0.2) is 65.0 Å². The highest BCUT2D eigenvalue weighted by Crippen LogP contribution is 2.34. The number of nitrogens with one attached hydrogen (secondary N) is 2. The molecule has 4 heterocycles. The molecule has 3 aromatic heterocycles. The highest BCUT2D eigenvalue weighted by atomic mass is 35.5. The second-order valence-corrected chi connectivity index (χ2v) is 9.48. The Hall–Kier alpha value is -3.64. The molecule has 1 aliphatic rings. The van der Waals surface area contributed by atoms with E-state index in [1.54, 1.807) is 26.1 Å². The number of ether oxygens (including phenoxy) is 1. The quantitative estimate of drug-likeness (QED) is 0.286. The minimum Gasteiger partial charge on any atom is -0.387 e. The highest BCUT2D eigenvalue weighted by molar-refractivity contribution is 6.30. The number of rotatable bonds is 7. The number of aromatic nitrogens is 5. The van der Waals surface area contributed by atoms with Crippen LogP contribution in [0.15, 0.2) is 55.1 Å². The third-order valence-corrected chi connectivity index (χ3v) is 6.10. The van der Waals surface area contributed by atoms with E-state index in [9.17, 15) is 15.0 Å². The summed E-state index contributed by atoms with van der Waals surface area (Å²) in [5.41, 5.74) is 2.38. The lowest BCUT2D eigenvalue weighted by molar-refractivity contribution is -0.138. The van der Waals surface area contributed by atoms with Crippen LogP contribution >= 0.6 is 11.6 Å². The molecule has 12 heteroatoms. The predicted octanol–water partition coefficient (Wildman–Crippen LogP) is 2.30. The molecule has 4 N–H and O–H groups in total. The first-order chi connectivity index (χ1) is 17.8. The maximum absolute atomic E-state index is 12.5. The Morgan fingerprint density at radius 2 is 1.95 bits per heavy atom. The summed E-state index contributed by atoms with van der Waals surface area (Å²) in [5.74, 6) is 0.255. The normalized spacial score (nSPS) is 21.5. The number of pyridine rings is 1. The van der Waals surface area contributed by atoms with Crippen LogP contribution in [0, 0.1) is 0 Å². The third-order valence-electron chi connectivity index (χ3n) is 5.89. The number of hydrogen-bond acceptors (Lipinski definition) is 9. The van der Waals surface area contributed by atoms with Crippen LogP contribution in [0.4, 0.5) is 5.82 Å². The van der Waals surface area contributed by atoms with E-state index in [0.29, 0.717) is 39.9 Å². The lowest BCUT2D eigenvalue weighted by atomic mass is 10.1. The van der Waals surface area contributed by atoms with Gasteiger partial charge in [-0.3, -0.25) is 14.3 Å². The van der Waals surface area contributed by atoms with Gasteiger partial charge in [-0.25, -0.2) is 15.0 Å². The fourth-order valence-electron chi connectivity index (χ4n) is 4.14. The number of aliphatic hydroxyl groups is 2. The van der Waals surface area contributed by atoms with Crippen molar-refractivity contribution in [1.29, 1.82) is 0 Å². The van der Waals surface area contributed by atoms with Gasteiger partial charge in [0.25, 0.3) is 5.91 Å².